The number of carbonyl (C=O) groups is 2. The maximum absolute atomic E-state index is 11.7. The van der Waals surface area contributed by atoms with Crippen LogP contribution in [0, 0.1) is 20.2 Å². The predicted molar refractivity (Wildman–Crippen MR) is 173 cm³/mol. The van der Waals surface area contributed by atoms with E-state index in [1.165, 1.54) is 48.5 Å². The number of hydrogen-bond acceptors (Lipinski definition) is 10. The third-order valence-electron chi connectivity index (χ3n) is 8.21. The number of aliphatic hydroxyl groups is 2. The lowest BCUT2D eigenvalue weighted by molar-refractivity contribution is -0.385. The van der Waals surface area contributed by atoms with Crippen LogP contribution in [-0.2, 0) is 19.1 Å². The van der Waals surface area contributed by atoms with Crippen molar-refractivity contribution in [1.29, 1.82) is 0 Å². The van der Waals surface area contributed by atoms with Crippen molar-refractivity contribution in [3.8, 4) is 0 Å². The molecule has 248 valence electrons. The molecule has 0 bridgehead atoms. The Balaban J connectivity index is 0.000000188. The van der Waals surface area contributed by atoms with Crippen molar-refractivity contribution >= 4 is 46.5 Å². The lowest BCUT2D eigenvalue weighted by atomic mass is 9.87. The van der Waals surface area contributed by atoms with E-state index in [2.05, 4.69) is 0 Å². The number of esters is 2. The van der Waals surface area contributed by atoms with E-state index in [4.69, 9.17) is 32.7 Å². The van der Waals surface area contributed by atoms with E-state index < -0.39 is 34.3 Å². The molecule has 0 amide bonds. The maximum Gasteiger partial charge on any atom is 0.306 e. The molecule has 2 aliphatic rings. The van der Waals surface area contributed by atoms with E-state index in [1.807, 2.05) is 0 Å². The summed E-state index contributed by atoms with van der Waals surface area (Å²) in [6.45, 7) is 0. The number of nitro groups is 2. The molecule has 2 aliphatic heterocycles. The normalized spacial score (nSPS) is 21.3. The number of nitrogens with zero attached hydrogens (tertiary/aromatic N) is 2. The summed E-state index contributed by atoms with van der Waals surface area (Å²) in [5.74, 6) is -1.39. The lowest BCUT2D eigenvalue weighted by Crippen LogP contribution is -2.23. The Morgan fingerprint density at radius 2 is 0.896 bits per heavy atom. The van der Waals surface area contributed by atoms with E-state index >= 15 is 0 Å². The molecule has 2 saturated heterocycles. The first kappa shape index (κ1) is 34.5. The summed E-state index contributed by atoms with van der Waals surface area (Å²) in [6, 6.07) is 25.2. The molecule has 0 radical (unpaired) electrons. The molecule has 48 heavy (non-hydrogen) atoms. The van der Waals surface area contributed by atoms with Gasteiger partial charge in [0.2, 0.25) is 0 Å². The molecule has 14 heteroatoms. The number of nitro benzene ring substituents is 2. The summed E-state index contributed by atoms with van der Waals surface area (Å²) < 4.78 is 10.6. The molecule has 2 fully saturated rings. The molecule has 6 rings (SSSR count). The molecule has 2 N–H and O–H groups in total. The Hall–Kier alpha value is -4.88. The molecule has 0 aliphatic carbocycles. The first-order chi connectivity index (χ1) is 22.9. The number of cyclic esters (lactones) is 2. The van der Waals surface area contributed by atoms with Gasteiger partial charge in [-0.15, -0.1) is 0 Å². The number of aliphatic hydroxyl groups excluding tert-OH is 2. The molecule has 0 aromatic heterocycles. The summed E-state index contributed by atoms with van der Waals surface area (Å²) in [6.07, 6.45) is -3.32. The van der Waals surface area contributed by atoms with Gasteiger partial charge in [-0.1, -0.05) is 47.5 Å². The number of benzene rings is 4. The van der Waals surface area contributed by atoms with Gasteiger partial charge in [-0.3, -0.25) is 29.8 Å². The maximum atomic E-state index is 11.7. The average molecular weight is 696 g/mol. The molecule has 4 aromatic rings. The Morgan fingerprint density at radius 3 is 1.19 bits per heavy atom. The highest BCUT2D eigenvalue weighted by atomic mass is 35.5. The first-order valence-electron chi connectivity index (χ1n) is 14.7. The van der Waals surface area contributed by atoms with Crippen molar-refractivity contribution < 1.29 is 39.1 Å². The van der Waals surface area contributed by atoms with Gasteiger partial charge in [0, 0.05) is 46.1 Å². The zero-order valence-electron chi connectivity index (χ0n) is 24.9. The number of halogens is 2. The van der Waals surface area contributed by atoms with Gasteiger partial charge in [0.1, 0.15) is 24.4 Å². The minimum atomic E-state index is -1.07. The molecule has 6 atom stereocenters. The standard InChI is InChI=1S/2C17H14ClNO5/c2*18-12-5-1-10(2-6-12)14-9-15(20)24-17(14)16(21)11-3-7-13(8-4-11)19(22)23/h2*1-8,14,16-17,21H,9H2/t2*14-,16+,17+/m11/s1. The molecular weight excluding hydrogens is 667 g/mol. The first-order valence-corrected chi connectivity index (χ1v) is 15.4. The molecular formula is C34H28Cl2N2O10. The van der Waals surface area contributed by atoms with Crippen LogP contribution in [0.3, 0.4) is 0 Å². The number of hydrogen-bond donors (Lipinski definition) is 2. The van der Waals surface area contributed by atoms with E-state index in [0.29, 0.717) is 21.2 Å². The molecule has 2 heterocycles. The largest absolute Gasteiger partial charge is 0.459 e. The number of carbonyl (C=O) groups excluding carboxylic acids is 2. The third-order valence-corrected chi connectivity index (χ3v) is 8.71. The number of ether oxygens (including phenoxy) is 2. The van der Waals surface area contributed by atoms with Crippen LogP contribution in [-0.4, -0.2) is 44.2 Å². The van der Waals surface area contributed by atoms with Crippen LogP contribution in [0.4, 0.5) is 11.4 Å². The SMILES string of the molecule is O=C1C[C@H](c2ccc(Cl)cc2)[C@@H]([C@@H](O)c2ccc([N+](=O)[O-])cc2)O1.O=C1C[C@H](c2ccc(Cl)cc2)[C@@H]([C@@H](O)c2ccc([N+](=O)[O-])cc2)O1. The molecule has 4 aromatic carbocycles. The highest BCUT2D eigenvalue weighted by Gasteiger charge is 2.42. The Morgan fingerprint density at radius 1 is 0.583 bits per heavy atom. The van der Waals surface area contributed by atoms with Gasteiger partial charge in [-0.2, -0.15) is 0 Å². The van der Waals surface area contributed by atoms with Crippen LogP contribution < -0.4 is 0 Å². The highest BCUT2D eigenvalue weighted by molar-refractivity contribution is 6.30. The van der Waals surface area contributed by atoms with Crippen LogP contribution in [0.1, 0.15) is 59.1 Å². The molecule has 0 unspecified atom stereocenters. The monoisotopic (exact) mass is 694 g/mol. The van der Waals surface area contributed by atoms with Crippen molar-refractivity contribution in [2.45, 2.75) is 49.1 Å². The van der Waals surface area contributed by atoms with Gasteiger partial charge >= 0.3 is 11.9 Å². The van der Waals surface area contributed by atoms with Gasteiger partial charge in [0.25, 0.3) is 11.4 Å². The summed E-state index contributed by atoms with van der Waals surface area (Å²) in [5, 5.41) is 43.7. The summed E-state index contributed by atoms with van der Waals surface area (Å²) in [5.41, 5.74) is 2.47. The lowest BCUT2D eigenvalue weighted by Gasteiger charge is -2.23. The van der Waals surface area contributed by atoms with E-state index in [-0.39, 0.29) is 48.0 Å². The second-order valence-electron chi connectivity index (χ2n) is 11.2. The van der Waals surface area contributed by atoms with Crippen LogP contribution >= 0.6 is 23.2 Å². The van der Waals surface area contributed by atoms with Crippen molar-refractivity contribution in [2.75, 3.05) is 0 Å². The topological polar surface area (TPSA) is 179 Å². The van der Waals surface area contributed by atoms with Crippen LogP contribution in [0.15, 0.2) is 97.1 Å². The minimum Gasteiger partial charge on any atom is -0.459 e. The fourth-order valence-electron chi connectivity index (χ4n) is 5.73. The zero-order valence-corrected chi connectivity index (χ0v) is 26.4. The van der Waals surface area contributed by atoms with E-state index in [9.17, 15) is 40.0 Å². The van der Waals surface area contributed by atoms with Gasteiger partial charge < -0.3 is 19.7 Å². The van der Waals surface area contributed by atoms with E-state index in [1.54, 1.807) is 48.5 Å². The van der Waals surface area contributed by atoms with E-state index in [0.717, 1.165) is 11.1 Å². The van der Waals surface area contributed by atoms with Crippen LogP contribution in [0.5, 0.6) is 0 Å². The fourth-order valence-corrected chi connectivity index (χ4v) is 5.98. The Kier molecular flexibility index (Phi) is 10.7. The molecule has 0 spiro atoms. The van der Waals surface area contributed by atoms with Gasteiger partial charge in [0.05, 0.1) is 22.7 Å². The summed E-state index contributed by atoms with van der Waals surface area (Å²) >= 11 is 11.8. The zero-order chi connectivity index (χ0) is 34.5. The Labute approximate surface area is 283 Å². The van der Waals surface area contributed by atoms with Gasteiger partial charge in [-0.25, -0.2) is 0 Å². The summed E-state index contributed by atoms with van der Waals surface area (Å²) in [7, 11) is 0. The minimum absolute atomic E-state index is 0.0661. The van der Waals surface area contributed by atoms with Gasteiger partial charge in [-0.05, 0) is 70.8 Å². The van der Waals surface area contributed by atoms with Crippen molar-refractivity contribution in [3.63, 3.8) is 0 Å². The predicted octanol–water partition coefficient (Wildman–Crippen LogP) is 6.76. The second-order valence-corrected chi connectivity index (χ2v) is 12.1. The highest BCUT2D eigenvalue weighted by Crippen LogP contribution is 2.41. The Bertz CT molecular complexity index is 1650. The van der Waals surface area contributed by atoms with Crippen LogP contribution in [0.2, 0.25) is 10.0 Å². The quantitative estimate of drug-likeness (QED) is 0.114. The van der Waals surface area contributed by atoms with Crippen LogP contribution in [0.25, 0.3) is 0 Å². The number of non-ortho nitro benzene ring substituents is 2. The fraction of sp³-hybridized carbons (Fsp3) is 0.235. The van der Waals surface area contributed by atoms with Crippen molar-refractivity contribution in [3.05, 3.63) is 150 Å². The van der Waals surface area contributed by atoms with Crippen molar-refractivity contribution in [2.24, 2.45) is 0 Å². The number of rotatable bonds is 8. The van der Waals surface area contributed by atoms with Gasteiger partial charge in [0.15, 0.2) is 0 Å². The van der Waals surface area contributed by atoms with Crippen molar-refractivity contribution in [1.82, 2.24) is 0 Å². The molecule has 0 saturated carbocycles. The molecule has 12 nitrogen and oxygen atoms in total. The average Bonchev–Trinajstić information content (AvgIpc) is 3.67. The summed E-state index contributed by atoms with van der Waals surface area (Å²) in [4.78, 5) is 43.9. The second kappa shape index (κ2) is 14.9. The smallest absolute Gasteiger partial charge is 0.306 e. The third kappa shape index (κ3) is 7.97.